The van der Waals surface area contributed by atoms with Crippen LogP contribution in [0.4, 0.5) is 0 Å². The Kier molecular flexibility index (Phi) is 7.93. The van der Waals surface area contributed by atoms with Crippen molar-refractivity contribution >= 4 is 11.8 Å². The van der Waals surface area contributed by atoms with Crippen LogP contribution in [0.3, 0.4) is 0 Å². The molecule has 7 heteroatoms. The van der Waals surface area contributed by atoms with Crippen LogP contribution < -0.4 is 4.74 Å². The van der Waals surface area contributed by atoms with Gasteiger partial charge in [0.2, 0.25) is 5.91 Å². The number of benzene rings is 1. The van der Waals surface area contributed by atoms with Crippen molar-refractivity contribution in [2.75, 3.05) is 46.4 Å². The minimum absolute atomic E-state index is 0.00604. The number of amides is 2. The van der Waals surface area contributed by atoms with Crippen molar-refractivity contribution in [2.45, 2.75) is 45.6 Å². The molecule has 3 heterocycles. The van der Waals surface area contributed by atoms with E-state index in [2.05, 4.69) is 4.90 Å². The van der Waals surface area contributed by atoms with E-state index in [1.165, 1.54) is 0 Å². The number of furan rings is 1. The summed E-state index contributed by atoms with van der Waals surface area (Å²) in [5.74, 6) is 1.72. The fourth-order valence-corrected chi connectivity index (χ4v) is 5.35. The van der Waals surface area contributed by atoms with Gasteiger partial charge in [-0.15, -0.1) is 0 Å². The zero-order valence-electron chi connectivity index (χ0n) is 20.5. The number of fused-ring (bicyclic) bond motifs is 1. The number of likely N-dealkylation sites (tertiary alicyclic amines) is 1. The molecule has 1 saturated heterocycles. The van der Waals surface area contributed by atoms with Crippen LogP contribution in [-0.4, -0.2) is 72.9 Å². The molecule has 2 aromatic rings. The van der Waals surface area contributed by atoms with Crippen molar-refractivity contribution in [3.8, 4) is 5.75 Å². The largest absolute Gasteiger partial charge is 0.491 e. The van der Waals surface area contributed by atoms with Gasteiger partial charge in [0.1, 0.15) is 18.1 Å². The van der Waals surface area contributed by atoms with Crippen molar-refractivity contribution < 1.29 is 18.7 Å². The first-order valence-corrected chi connectivity index (χ1v) is 12.4. The molecule has 2 amide bonds. The number of rotatable bonds is 2. The highest BCUT2D eigenvalue weighted by atomic mass is 16.5. The van der Waals surface area contributed by atoms with Crippen molar-refractivity contribution in [2.24, 2.45) is 5.41 Å². The number of nitrogens with zero attached hydrogens (tertiary/aromatic N) is 3. The minimum atomic E-state index is -0.00604. The molecule has 0 unspecified atom stereocenters. The number of piperidine rings is 1. The molecule has 0 bridgehead atoms. The molecule has 0 aliphatic carbocycles. The molecule has 0 atom stereocenters. The van der Waals surface area contributed by atoms with E-state index in [-0.39, 0.29) is 17.2 Å². The SMILES string of the molecule is CC(=O)N1CCC2(CCCCN(Cc3ccco3)CCOc3ccccc3C(=O)N(C)C2)CC1. The number of para-hydroxylation sites is 1. The van der Waals surface area contributed by atoms with Gasteiger partial charge in [-0.25, -0.2) is 0 Å². The van der Waals surface area contributed by atoms with E-state index < -0.39 is 0 Å². The van der Waals surface area contributed by atoms with Crippen LogP contribution in [0.5, 0.6) is 5.75 Å². The van der Waals surface area contributed by atoms with Crippen LogP contribution in [0.2, 0.25) is 0 Å². The van der Waals surface area contributed by atoms with Crippen LogP contribution in [0, 0.1) is 5.41 Å². The molecule has 1 fully saturated rings. The third-order valence-corrected chi connectivity index (χ3v) is 7.36. The Hall–Kier alpha value is -2.80. The molecule has 0 saturated carbocycles. The fraction of sp³-hybridized carbons (Fsp3) is 0.556. The maximum absolute atomic E-state index is 13.4. The van der Waals surface area contributed by atoms with Crippen molar-refractivity contribution in [1.82, 2.24) is 14.7 Å². The lowest BCUT2D eigenvalue weighted by Gasteiger charge is -2.44. The summed E-state index contributed by atoms with van der Waals surface area (Å²) in [5.41, 5.74) is 0.637. The monoisotopic (exact) mass is 467 g/mol. The van der Waals surface area contributed by atoms with Crippen molar-refractivity contribution in [3.05, 3.63) is 54.0 Å². The highest BCUT2D eigenvalue weighted by molar-refractivity contribution is 5.96. The van der Waals surface area contributed by atoms with Gasteiger partial charge in [-0.1, -0.05) is 18.6 Å². The quantitative estimate of drug-likeness (QED) is 0.667. The molecule has 1 spiro atoms. The first kappa shape index (κ1) is 24.3. The predicted molar refractivity (Wildman–Crippen MR) is 131 cm³/mol. The van der Waals surface area contributed by atoms with Crippen LogP contribution in [0.15, 0.2) is 47.1 Å². The van der Waals surface area contributed by atoms with Crippen LogP contribution >= 0.6 is 0 Å². The van der Waals surface area contributed by atoms with E-state index in [1.54, 1.807) is 13.2 Å². The van der Waals surface area contributed by atoms with E-state index in [0.29, 0.717) is 24.5 Å². The van der Waals surface area contributed by atoms with E-state index in [9.17, 15) is 9.59 Å². The second-order valence-electron chi connectivity index (χ2n) is 9.82. The zero-order valence-corrected chi connectivity index (χ0v) is 20.5. The van der Waals surface area contributed by atoms with E-state index in [4.69, 9.17) is 9.15 Å². The van der Waals surface area contributed by atoms with Crippen LogP contribution in [0.1, 0.15) is 55.1 Å². The highest BCUT2D eigenvalue weighted by Crippen LogP contribution is 2.38. The lowest BCUT2D eigenvalue weighted by molar-refractivity contribution is -0.131. The molecule has 1 aromatic heterocycles. The van der Waals surface area contributed by atoms with Gasteiger partial charge in [0.25, 0.3) is 5.91 Å². The van der Waals surface area contributed by atoms with Crippen LogP contribution in [-0.2, 0) is 11.3 Å². The van der Waals surface area contributed by atoms with Crippen LogP contribution in [0.25, 0.3) is 0 Å². The van der Waals surface area contributed by atoms with E-state index in [1.807, 2.05) is 53.2 Å². The summed E-state index contributed by atoms with van der Waals surface area (Å²) in [6.07, 6.45) is 6.80. The van der Waals surface area contributed by atoms with E-state index >= 15 is 0 Å². The molecule has 1 aromatic carbocycles. The number of hydrogen-bond donors (Lipinski definition) is 0. The molecular formula is C27H37N3O4. The Morgan fingerprint density at radius 3 is 2.53 bits per heavy atom. The second-order valence-corrected chi connectivity index (χ2v) is 9.82. The molecule has 0 radical (unpaired) electrons. The van der Waals surface area contributed by atoms with Gasteiger partial charge >= 0.3 is 0 Å². The third-order valence-electron chi connectivity index (χ3n) is 7.36. The summed E-state index contributed by atoms with van der Waals surface area (Å²) in [6, 6.07) is 11.5. The summed E-state index contributed by atoms with van der Waals surface area (Å²) in [6.45, 7) is 6.86. The van der Waals surface area contributed by atoms with Crippen molar-refractivity contribution in [3.63, 3.8) is 0 Å². The van der Waals surface area contributed by atoms with Gasteiger partial charge < -0.3 is 19.0 Å². The summed E-state index contributed by atoms with van der Waals surface area (Å²) in [7, 11) is 1.90. The first-order chi connectivity index (χ1) is 16.5. The van der Waals surface area contributed by atoms with Gasteiger partial charge in [-0.05, 0) is 61.9 Å². The lowest BCUT2D eigenvalue weighted by Crippen LogP contribution is -2.48. The summed E-state index contributed by atoms with van der Waals surface area (Å²) < 4.78 is 11.7. The fourth-order valence-electron chi connectivity index (χ4n) is 5.35. The Morgan fingerprint density at radius 2 is 1.79 bits per heavy atom. The van der Waals surface area contributed by atoms with Gasteiger partial charge in [-0.3, -0.25) is 14.5 Å². The molecule has 184 valence electrons. The van der Waals surface area contributed by atoms with Gasteiger partial charge in [0, 0.05) is 40.2 Å². The molecule has 2 aliphatic rings. The molecule has 34 heavy (non-hydrogen) atoms. The number of ether oxygens (including phenoxy) is 1. The standard InChI is InChI=1S/C27H37N3O4/c1-22(31)30-15-12-27(13-16-30)11-5-6-14-29(20-23-8-7-18-33-23)17-19-34-25-10-4-3-9-24(25)26(32)28(2)21-27/h3-4,7-10,18H,5-6,11-17,19-21H2,1-2H3. The maximum Gasteiger partial charge on any atom is 0.257 e. The summed E-state index contributed by atoms with van der Waals surface area (Å²) in [4.78, 5) is 31.5. The predicted octanol–water partition coefficient (Wildman–Crippen LogP) is 4.05. The van der Waals surface area contributed by atoms with Gasteiger partial charge in [0.15, 0.2) is 0 Å². The lowest BCUT2D eigenvalue weighted by atomic mass is 9.74. The molecule has 7 nitrogen and oxygen atoms in total. The summed E-state index contributed by atoms with van der Waals surface area (Å²) in [5, 5.41) is 0. The van der Waals surface area contributed by atoms with E-state index in [0.717, 1.165) is 70.6 Å². The smallest absolute Gasteiger partial charge is 0.257 e. The van der Waals surface area contributed by atoms with Crippen molar-refractivity contribution in [1.29, 1.82) is 0 Å². The second kappa shape index (κ2) is 11.1. The molecular weight excluding hydrogens is 430 g/mol. The average molecular weight is 468 g/mol. The molecule has 4 rings (SSSR count). The zero-order chi connectivity index (χ0) is 24.0. The Bertz CT molecular complexity index is 951. The first-order valence-electron chi connectivity index (χ1n) is 12.4. The Balaban J connectivity index is 1.54. The topological polar surface area (TPSA) is 66.2 Å². The minimum Gasteiger partial charge on any atom is -0.491 e. The van der Waals surface area contributed by atoms with Gasteiger partial charge in [-0.2, -0.15) is 0 Å². The highest BCUT2D eigenvalue weighted by Gasteiger charge is 2.37. The van der Waals surface area contributed by atoms with Gasteiger partial charge in [0.05, 0.1) is 18.4 Å². The molecule has 2 aliphatic heterocycles. The number of carbonyl (C=O) groups is 2. The Labute approximate surface area is 202 Å². The number of hydrogen-bond acceptors (Lipinski definition) is 5. The third kappa shape index (κ3) is 6.00. The maximum atomic E-state index is 13.4. The molecule has 0 N–H and O–H groups in total. The average Bonchev–Trinajstić information content (AvgIpc) is 3.34. The summed E-state index contributed by atoms with van der Waals surface area (Å²) >= 11 is 0. The number of carbonyl (C=O) groups excluding carboxylic acids is 2. The normalized spacial score (nSPS) is 20.5. The Morgan fingerprint density at radius 1 is 1.00 bits per heavy atom.